The van der Waals surface area contributed by atoms with Crippen molar-refractivity contribution in [2.75, 3.05) is 0 Å². The molecule has 3 aromatic carbocycles. The van der Waals surface area contributed by atoms with Gasteiger partial charge in [0, 0.05) is 11.6 Å². The van der Waals surface area contributed by atoms with E-state index in [1.807, 2.05) is 0 Å². The first-order chi connectivity index (χ1) is 14.2. The number of aryl methyl sites for hydroxylation is 1. The Morgan fingerprint density at radius 2 is 1.80 bits per heavy atom. The maximum Gasteiger partial charge on any atom is 0.271 e. The largest absolute Gasteiger partial charge is 0.506 e. The molecule has 30 heavy (non-hydrogen) atoms. The molecule has 0 heterocycles. The molecule has 0 saturated heterocycles. The summed E-state index contributed by atoms with van der Waals surface area (Å²) in [6.45, 7) is 1.43. The lowest BCUT2D eigenvalue weighted by Crippen LogP contribution is -2.17. The molecule has 0 bridgehead atoms. The van der Waals surface area contributed by atoms with Gasteiger partial charge in [-0.3, -0.25) is 4.79 Å². The van der Waals surface area contributed by atoms with Gasteiger partial charge in [0.25, 0.3) is 5.91 Å². The second-order valence-electron chi connectivity index (χ2n) is 6.20. The van der Waals surface area contributed by atoms with E-state index in [2.05, 4.69) is 42.4 Å². The number of ether oxygens (including phenoxy) is 1. The number of aromatic hydroxyl groups is 1. The lowest BCUT2D eigenvalue weighted by atomic mass is 10.2. The third-order valence-corrected chi connectivity index (χ3v) is 5.14. The van der Waals surface area contributed by atoms with E-state index in [9.17, 15) is 18.7 Å². The Bertz CT molecular complexity index is 1110. The Balaban J connectivity index is 1.70. The van der Waals surface area contributed by atoms with Crippen LogP contribution in [0.3, 0.4) is 0 Å². The van der Waals surface area contributed by atoms with Gasteiger partial charge in [-0.2, -0.15) is 5.10 Å². The van der Waals surface area contributed by atoms with Crippen molar-refractivity contribution in [3.63, 3.8) is 0 Å². The lowest BCUT2D eigenvalue weighted by Gasteiger charge is -2.09. The zero-order valence-corrected chi connectivity index (χ0v) is 18.6. The lowest BCUT2D eigenvalue weighted by molar-refractivity contribution is 0.0955. The van der Waals surface area contributed by atoms with Crippen molar-refractivity contribution >= 4 is 44.0 Å². The Morgan fingerprint density at radius 1 is 1.10 bits per heavy atom. The molecule has 2 N–H and O–H groups in total. The van der Waals surface area contributed by atoms with Crippen LogP contribution in [0.25, 0.3) is 0 Å². The fourth-order valence-electron chi connectivity index (χ4n) is 2.48. The predicted octanol–water partition coefficient (Wildman–Crippen LogP) is 6.06. The number of hydrazone groups is 1. The number of rotatable bonds is 5. The molecule has 0 radical (unpaired) electrons. The van der Waals surface area contributed by atoms with Gasteiger partial charge in [0.05, 0.1) is 15.2 Å². The van der Waals surface area contributed by atoms with Crippen molar-refractivity contribution in [3.8, 4) is 17.2 Å². The summed E-state index contributed by atoms with van der Waals surface area (Å²) >= 11 is 6.43. The molecule has 3 aromatic rings. The first-order valence-corrected chi connectivity index (χ1v) is 10.1. The molecule has 0 aliphatic heterocycles. The molecule has 0 fully saturated rings. The molecule has 9 heteroatoms. The van der Waals surface area contributed by atoms with E-state index >= 15 is 0 Å². The van der Waals surface area contributed by atoms with Crippen molar-refractivity contribution in [1.29, 1.82) is 0 Å². The Labute approximate surface area is 187 Å². The van der Waals surface area contributed by atoms with E-state index in [0.29, 0.717) is 14.5 Å². The van der Waals surface area contributed by atoms with Gasteiger partial charge in [-0.15, -0.1) is 0 Å². The number of phenolic OH excluding ortho intramolecular Hbond substituents is 1. The summed E-state index contributed by atoms with van der Waals surface area (Å²) in [7, 11) is 0. The monoisotopic (exact) mass is 538 g/mol. The van der Waals surface area contributed by atoms with Crippen LogP contribution >= 0.6 is 31.9 Å². The standard InChI is InChI=1S/C21H14Br2F2N2O3/c1-11-5-15(9-18(24)19(11)25)30-14-4-2-3-13(8-14)21(29)27-26-10-12-6-16(22)20(28)17(23)7-12/h2-10,28H,1H3,(H,27,29)/b26-10+. The van der Waals surface area contributed by atoms with Gasteiger partial charge in [0.15, 0.2) is 11.6 Å². The fraction of sp³-hybridized carbons (Fsp3) is 0.0476. The van der Waals surface area contributed by atoms with Gasteiger partial charge < -0.3 is 9.84 Å². The highest BCUT2D eigenvalue weighted by atomic mass is 79.9. The third-order valence-electron chi connectivity index (χ3n) is 3.93. The van der Waals surface area contributed by atoms with E-state index in [0.717, 1.165) is 6.07 Å². The zero-order valence-electron chi connectivity index (χ0n) is 15.4. The van der Waals surface area contributed by atoms with Crippen LogP contribution in [0, 0.1) is 18.6 Å². The van der Waals surface area contributed by atoms with Crippen molar-refractivity contribution in [3.05, 3.63) is 85.8 Å². The predicted molar refractivity (Wildman–Crippen MR) is 116 cm³/mol. The molecule has 0 spiro atoms. The number of carbonyl (C=O) groups is 1. The second kappa shape index (κ2) is 9.36. The molecule has 154 valence electrons. The normalized spacial score (nSPS) is 11.0. The molecule has 0 atom stereocenters. The molecule has 5 nitrogen and oxygen atoms in total. The van der Waals surface area contributed by atoms with Gasteiger partial charge in [0.1, 0.15) is 17.2 Å². The van der Waals surface area contributed by atoms with Gasteiger partial charge in [-0.25, -0.2) is 14.2 Å². The van der Waals surface area contributed by atoms with Crippen LogP contribution in [0.5, 0.6) is 17.2 Å². The maximum atomic E-state index is 13.5. The highest BCUT2D eigenvalue weighted by Gasteiger charge is 2.11. The van der Waals surface area contributed by atoms with Gasteiger partial charge >= 0.3 is 0 Å². The summed E-state index contributed by atoms with van der Waals surface area (Å²) in [6, 6.07) is 11.8. The first-order valence-electron chi connectivity index (χ1n) is 8.49. The molecule has 0 aliphatic carbocycles. The highest BCUT2D eigenvalue weighted by molar-refractivity contribution is 9.11. The van der Waals surface area contributed by atoms with Crippen LogP contribution in [0.2, 0.25) is 0 Å². The van der Waals surface area contributed by atoms with Gasteiger partial charge in [-0.05, 0) is 86.3 Å². The fourth-order valence-corrected chi connectivity index (χ4v) is 3.70. The molecule has 0 aliphatic rings. The van der Waals surface area contributed by atoms with Crippen LogP contribution in [-0.4, -0.2) is 17.2 Å². The summed E-state index contributed by atoms with van der Waals surface area (Å²) in [5, 5.41) is 13.6. The van der Waals surface area contributed by atoms with Crippen LogP contribution in [0.4, 0.5) is 8.78 Å². The Morgan fingerprint density at radius 3 is 2.47 bits per heavy atom. The summed E-state index contributed by atoms with van der Waals surface area (Å²) in [4.78, 5) is 12.3. The molecule has 1 amide bonds. The van der Waals surface area contributed by atoms with E-state index < -0.39 is 17.5 Å². The van der Waals surface area contributed by atoms with E-state index in [1.54, 1.807) is 30.3 Å². The second-order valence-corrected chi connectivity index (χ2v) is 7.91. The number of phenols is 1. The molecule has 3 rings (SSSR count). The quantitative estimate of drug-likeness (QED) is 0.306. The summed E-state index contributed by atoms with van der Waals surface area (Å²) < 4.78 is 33.4. The number of halogens is 4. The number of amides is 1. The minimum atomic E-state index is -1.01. The number of nitrogens with zero attached hydrogens (tertiary/aromatic N) is 1. The maximum absolute atomic E-state index is 13.5. The zero-order chi connectivity index (χ0) is 21.8. The number of benzene rings is 3. The molecule has 0 saturated carbocycles. The van der Waals surface area contributed by atoms with Crippen molar-refractivity contribution in [1.82, 2.24) is 5.43 Å². The smallest absolute Gasteiger partial charge is 0.271 e. The van der Waals surface area contributed by atoms with E-state index in [1.165, 1.54) is 25.3 Å². The molecular formula is C21H14Br2F2N2O3. The van der Waals surface area contributed by atoms with Crippen molar-refractivity contribution < 1.29 is 23.4 Å². The minimum absolute atomic E-state index is 0.0595. The number of hydrogen-bond donors (Lipinski definition) is 2. The van der Waals surface area contributed by atoms with Crippen LogP contribution in [0.1, 0.15) is 21.5 Å². The minimum Gasteiger partial charge on any atom is -0.506 e. The van der Waals surface area contributed by atoms with Crippen molar-refractivity contribution in [2.24, 2.45) is 5.10 Å². The van der Waals surface area contributed by atoms with Crippen molar-refractivity contribution in [2.45, 2.75) is 6.92 Å². The van der Waals surface area contributed by atoms with Crippen LogP contribution in [-0.2, 0) is 0 Å². The number of nitrogens with one attached hydrogen (secondary N) is 1. The topological polar surface area (TPSA) is 70.9 Å². The number of hydrogen-bond acceptors (Lipinski definition) is 4. The van der Waals surface area contributed by atoms with Gasteiger partial charge in [0.2, 0.25) is 0 Å². The SMILES string of the molecule is Cc1cc(Oc2cccc(C(=O)N/N=C/c3cc(Br)c(O)c(Br)c3)c2)cc(F)c1F. The molecule has 0 aromatic heterocycles. The van der Waals surface area contributed by atoms with E-state index in [-0.39, 0.29) is 28.4 Å². The summed E-state index contributed by atoms with van der Waals surface area (Å²) in [5.74, 6) is -1.98. The molecular weight excluding hydrogens is 526 g/mol. The van der Waals surface area contributed by atoms with Crippen LogP contribution in [0.15, 0.2) is 62.6 Å². The summed E-state index contributed by atoms with van der Waals surface area (Å²) in [5.41, 5.74) is 3.40. The summed E-state index contributed by atoms with van der Waals surface area (Å²) in [6.07, 6.45) is 1.41. The Hall–Kier alpha value is -2.78. The Kier molecular flexibility index (Phi) is 6.84. The molecule has 0 unspecified atom stereocenters. The average molecular weight is 540 g/mol. The number of carbonyl (C=O) groups excluding carboxylic acids is 1. The third kappa shape index (κ3) is 5.22. The highest BCUT2D eigenvalue weighted by Crippen LogP contribution is 2.32. The first kappa shape index (κ1) is 21.9. The van der Waals surface area contributed by atoms with E-state index in [4.69, 9.17) is 4.74 Å². The van der Waals surface area contributed by atoms with Crippen LogP contribution < -0.4 is 10.2 Å². The van der Waals surface area contributed by atoms with Gasteiger partial charge in [-0.1, -0.05) is 6.07 Å². The average Bonchev–Trinajstić information content (AvgIpc) is 2.70.